The SMILES string of the molecule is CCNC(=NCc1cc(F)cc2c1OCOC2)NCC1CCCS1.I. The molecule has 2 heterocycles. The Labute approximate surface area is 169 Å². The number of halogens is 2. The van der Waals surface area contributed by atoms with Gasteiger partial charge in [-0.25, -0.2) is 9.38 Å². The van der Waals surface area contributed by atoms with Crippen LogP contribution in [0.2, 0.25) is 0 Å². The Morgan fingerprint density at radius 2 is 2.28 bits per heavy atom. The molecule has 8 heteroatoms. The van der Waals surface area contributed by atoms with Gasteiger partial charge >= 0.3 is 0 Å². The molecule has 0 radical (unpaired) electrons. The van der Waals surface area contributed by atoms with Crippen LogP contribution in [0.25, 0.3) is 0 Å². The maximum Gasteiger partial charge on any atom is 0.191 e. The number of aliphatic imine (C=N–C) groups is 1. The van der Waals surface area contributed by atoms with Crippen LogP contribution in [0, 0.1) is 5.82 Å². The molecule has 3 rings (SSSR count). The van der Waals surface area contributed by atoms with Gasteiger partial charge in [0.25, 0.3) is 0 Å². The lowest BCUT2D eigenvalue weighted by atomic mass is 10.1. The molecular weight excluding hydrogens is 456 g/mol. The average molecular weight is 481 g/mol. The minimum absolute atomic E-state index is 0. The van der Waals surface area contributed by atoms with Crippen molar-refractivity contribution in [1.82, 2.24) is 10.6 Å². The van der Waals surface area contributed by atoms with Crippen LogP contribution >= 0.6 is 35.7 Å². The van der Waals surface area contributed by atoms with Crippen LogP contribution in [-0.2, 0) is 17.9 Å². The molecule has 25 heavy (non-hydrogen) atoms. The third-order valence-corrected chi connectivity index (χ3v) is 5.42. The molecule has 1 aromatic carbocycles. The second kappa shape index (κ2) is 10.4. The van der Waals surface area contributed by atoms with Crippen LogP contribution in [0.1, 0.15) is 30.9 Å². The molecule has 0 spiro atoms. The highest BCUT2D eigenvalue weighted by molar-refractivity contribution is 14.0. The molecule has 0 bridgehead atoms. The van der Waals surface area contributed by atoms with Gasteiger partial charge in [0.1, 0.15) is 11.6 Å². The summed E-state index contributed by atoms with van der Waals surface area (Å²) < 4.78 is 24.5. The van der Waals surface area contributed by atoms with E-state index in [1.54, 1.807) is 0 Å². The normalized spacial score (nSPS) is 19.6. The second-order valence-electron chi connectivity index (χ2n) is 5.87. The monoisotopic (exact) mass is 481 g/mol. The Hall–Kier alpha value is -0.740. The van der Waals surface area contributed by atoms with Gasteiger partial charge in [0.15, 0.2) is 12.8 Å². The molecule has 0 saturated carbocycles. The van der Waals surface area contributed by atoms with Crippen LogP contribution in [0.4, 0.5) is 4.39 Å². The van der Waals surface area contributed by atoms with E-state index in [1.807, 2.05) is 18.7 Å². The lowest BCUT2D eigenvalue weighted by Gasteiger charge is -2.20. The van der Waals surface area contributed by atoms with Crippen molar-refractivity contribution in [3.05, 3.63) is 29.1 Å². The third-order valence-electron chi connectivity index (χ3n) is 4.02. The van der Waals surface area contributed by atoms with E-state index in [1.165, 1.54) is 30.7 Å². The summed E-state index contributed by atoms with van der Waals surface area (Å²) in [6.07, 6.45) is 2.54. The molecule has 1 aromatic rings. The summed E-state index contributed by atoms with van der Waals surface area (Å²) in [6, 6.07) is 2.95. The van der Waals surface area contributed by atoms with E-state index in [0.29, 0.717) is 24.2 Å². The van der Waals surface area contributed by atoms with Crippen molar-refractivity contribution >= 4 is 41.7 Å². The predicted octanol–water partition coefficient (Wildman–Crippen LogP) is 3.26. The van der Waals surface area contributed by atoms with E-state index in [2.05, 4.69) is 15.6 Å². The Morgan fingerprint density at radius 3 is 3.04 bits per heavy atom. The number of thioether (sulfide) groups is 1. The number of hydrogen-bond acceptors (Lipinski definition) is 4. The molecular formula is C17H25FIN3O2S. The molecule has 5 nitrogen and oxygen atoms in total. The molecule has 140 valence electrons. The lowest BCUT2D eigenvalue weighted by molar-refractivity contribution is -0.0172. The van der Waals surface area contributed by atoms with Crippen molar-refractivity contribution < 1.29 is 13.9 Å². The predicted molar refractivity (Wildman–Crippen MR) is 110 cm³/mol. The number of benzene rings is 1. The van der Waals surface area contributed by atoms with Crippen molar-refractivity contribution in [3.8, 4) is 5.75 Å². The fourth-order valence-corrected chi connectivity index (χ4v) is 4.10. The quantitative estimate of drug-likeness (QED) is 0.384. The van der Waals surface area contributed by atoms with Gasteiger partial charge < -0.3 is 20.1 Å². The standard InChI is InChI=1S/C17H24FN3O2S.HI/c1-2-19-17(21-9-15-4-3-5-24-15)20-8-12-6-14(18)7-13-10-22-11-23-16(12)13;/h6-7,15H,2-5,8-11H2,1H3,(H2,19,20,21);1H. The first-order valence-corrected chi connectivity index (χ1v) is 9.46. The molecule has 1 unspecified atom stereocenters. The van der Waals surface area contributed by atoms with Gasteiger partial charge in [0.2, 0.25) is 0 Å². The lowest BCUT2D eigenvalue weighted by Crippen LogP contribution is -2.40. The van der Waals surface area contributed by atoms with Crippen LogP contribution in [0.15, 0.2) is 17.1 Å². The van der Waals surface area contributed by atoms with Crippen LogP contribution in [0.5, 0.6) is 5.75 Å². The molecule has 2 N–H and O–H groups in total. The smallest absolute Gasteiger partial charge is 0.191 e. The number of nitrogens with zero attached hydrogens (tertiary/aromatic N) is 1. The van der Waals surface area contributed by atoms with E-state index in [9.17, 15) is 4.39 Å². The number of rotatable bonds is 5. The second-order valence-corrected chi connectivity index (χ2v) is 7.28. The van der Waals surface area contributed by atoms with Gasteiger partial charge in [0, 0.05) is 29.5 Å². The highest BCUT2D eigenvalue weighted by Crippen LogP contribution is 2.30. The fraction of sp³-hybridized carbons (Fsp3) is 0.588. The van der Waals surface area contributed by atoms with Crippen LogP contribution in [-0.4, -0.2) is 36.8 Å². The van der Waals surface area contributed by atoms with E-state index >= 15 is 0 Å². The molecule has 2 aliphatic heterocycles. The van der Waals surface area contributed by atoms with E-state index in [4.69, 9.17) is 9.47 Å². The van der Waals surface area contributed by atoms with Crippen LogP contribution in [0.3, 0.4) is 0 Å². The van der Waals surface area contributed by atoms with Gasteiger partial charge in [0.05, 0.1) is 13.2 Å². The molecule has 0 aromatic heterocycles. The Bertz CT molecular complexity index is 598. The van der Waals surface area contributed by atoms with Crippen molar-refractivity contribution in [2.24, 2.45) is 4.99 Å². The highest BCUT2D eigenvalue weighted by Gasteiger charge is 2.18. The van der Waals surface area contributed by atoms with Crippen LogP contribution < -0.4 is 15.4 Å². The van der Waals surface area contributed by atoms with E-state index in [0.717, 1.165) is 30.2 Å². The molecule has 0 amide bonds. The van der Waals surface area contributed by atoms with Crippen molar-refractivity contribution in [2.75, 3.05) is 25.6 Å². The van der Waals surface area contributed by atoms with Gasteiger partial charge in [-0.1, -0.05) is 0 Å². The number of guanidine groups is 1. The van der Waals surface area contributed by atoms with Gasteiger partial charge in [-0.05, 0) is 37.7 Å². The highest BCUT2D eigenvalue weighted by atomic mass is 127. The van der Waals surface area contributed by atoms with Gasteiger partial charge in [-0.2, -0.15) is 11.8 Å². The maximum atomic E-state index is 13.8. The first-order chi connectivity index (χ1) is 11.8. The summed E-state index contributed by atoms with van der Waals surface area (Å²) in [7, 11) is 0. The first-order valence-electron chi connectivity index (χ1n) is 8.42. The van der Waals surface area contributed by atoms with E-state index in [-0.39, 0.29) is 36.6 Å². The van der Waals surface area contributed by atoms with Gasteiger partial charge in [-0.15, -0.1) is 24.0 Å². The molecule has 1 fully saturated rings. The molecule has 2 aliphatic rings. The van der Waals surface area contributed by atoms with Crippen molar-refractivity contribution in [1.29, 1.82) is 0 Å². The number of fused-ring (bicyclic) bond motifs is 1. The Morgan fingerprint density at radius 1 is 1.40 bits per heavy atom. The average Bonchev–Trinajstić information content (AvgIpc) is 3.10. The minimum atomic E-state index is -0.284. The topological polar surface area (TPSA) is 54.9 Å². The summed E-state index contributed by atoms with van der Waals surface area (Å²) >= 11 is 2.01. The number of nitrogens with one attached hydrogen (secondary N) is 2. The Kier molecular flexibility index (Phi) is 8.57. The maximum absolute atomic E-state index is 13.8. The number of hydrogen-bond donors (Lipinski definition) is 2. The third kappa shape index (κ3) is 5.89. The summed E-state index contributed by atoms with van der Waals surface area (Å²) in [5, 5.41) is 7.28. The molecule has 0 aliphatic carbocycles. The number of ether oxygens (including phenoxy) is 2. The van der Waals surface area contributed by atoms with Gasteiger partial charge in [-0.3, -0.25) is 0 Å². The summed E-state index contributed by atoms with van der Waals surface area (Å²) in [4.78, 5) is 4.59. The zero-order valence-electron chi connectivity index (χ0n) is 14.3. The summed E-state index contributed by atoms with van der Waals surface area (Å²) in [5.41, 5.74) is 1.49. The first kappa shape index (κ1) is 20.6. The zero-order valence-corrected chi connectivity index (χ0v) is 17.5. The summed E-state index contributed by atoms with van der Waals surface area (Å²) in [6.45, 7) is 4.67. The largest absolute Gasteiger partial charge is 0.467 e. The molecule has 1 atom stereocenters. The molecule has 1 saturated heterocycles. The van der Waals surface area contributed by atoms with Crippen molar-refractivity contribution in [3.63, 3.8) is 0 Å². The summed E-state index contributed by atoms with van der Waals surface area (Å²) in [5.74, 6) is 2.42. The van der Waals surface area contributed by atoms with E-state index < -0.39 is 0 Å². The van der Waals surface area contributed by atoms with Crippen molar-refractivity contribution in [2.45, 2.75) is 38.2 Å². The zero-order chi connectivity index (χ0) is 16.8. The Balaban J connectivity index is 0.00000225. The fourth-order valence-electron chi connectivity index (χ4n) is 2.90. The minimum Gasteiger partial charge on any atom is -0.467 e.